The Morgan fingerprint density at radius 2 is 1.85 bits per heavy atom. The van der Waals surface area contributed by atoms with Crippen molar-refractivity contribution in [2.75, 3.05) is 10.6 Å². The van der Waals surface area contributed by atoms with Crippen molar-refractivity contribution in [3.8, 4) is 28.7 Å². The van der Waals surface area contributed by atoms with E-state index in [1.807, 2.05) is 54.6 Å². The molecule has 1 amide bonds. The van der Waals surface area contributed by atoms with Crippen LogP contribution in [0.3, 0.4) is 0 Å². The molecule has 0 aliphatic carbocycles. The first-order valence-electron chi connectivity index (χ1n) is 10.5. The number of benzene rings is 2. The monoisotopic (exact) mass is 438 g/mol. The third kappa shape index (κ3) is 5.40. The molecule has 4 rings (SSSR count). The molecule has 2 heterocycles. The number of aryl methyl sites for hydroxylation is 1. The van der Waals surface area contributed by atoms with Gasteiger partial charge in [-0.3, -0.25) is 4.79 Å². The molecule has 0 saturated heterocycles. The number of nitriles is 1. The van der Waals surface area contributed by atoms with E-state index in [9.17, 15) is 4.79 Å². The number of amides is 1. The van der Waals surface area contributed by atoms with Gasteiger partial charge in [0.1, 0.15) is 5.82 Å². The molecule has 0 spiro atoms. The van der Waals surface area contributed by atoms with Crippen LogP contribution in [0.4, 0.5) is 11.5 Å². The van der Waals surface area contributed by atoms with Crippen LogP contribution in [0.5, 0.6) is 0 Å². The summed E-state index contributed by atoms with van der Waals surface area (Å²) >= 11 is 0. The number of anilines is 2. The van der Waals surface area contributed by atoms with E-state index in [0.29, 0.717) is 29.8 Å². The molecule has 0 fully saturated rings. The van der Waals surface area contributed by atoms with Gasteiger partial charge in [-0.25, -0.2) is 4.98 Å². The molecule has 0 atom stereocenters. The first-order valence-corrected chi connectivity index (χ1v) is 10.5. The molecule has 0 bridgehead atoms. The SMILES string of the molecule is Cc1noc(-c2ccccc2-c2ccc(CNc3ncccc3NC(=O)CCC#N)cc2)n1. The van der Waals surface area contributed by atoms with E-state index in [0.717, 1.165) is 22.3 Å². The summed E-state index contributed by atoms with van der Waals surface area (Å²) in [7, 11) is 0. The zero-order valence-electron chi connectivity index (χ0n) is 18.1. The maximum Gasteiger partial charge on any atom is 0.258 e. The van der Waals surface area contributed by atoms with Crippen LogP contribution in [0.25, 0.3) is 22.6 Å². The Morgan fingerprint density at radius 1 is 1.06 bits per heavy atom. The second-order valence-corrected chi connectivity index (χ2v) is 7.35. The minimum Gasteiger partial charge on any atom is -0.364 e. The molecule has 0 radical (unpaired) electrons. The van der Waals surface area contributed by atoms with Crippen molar-refractivity contribution in [1.82, 2.24) is 15.1 Å². The van der Waals surface area contributed by atoms with Gasteiger partial charge in [0, 0.05) is 31.1 Å². The molecule has 0 unspecified atom stereocenters. The van der Waals surface area contributed by atoms with Gasteiger partial charge in [-0.1, -0.05) is 47.6 Å². The number of nitrogens with zero attached hydrogens (tertiary/aromatic N) is 4. The van der Waals surface area contributed by atoms with E-state index in [1.54, 1.807) is 25.3 Å². The summed E-state index contributed by atoms with van der Waals surface area (Å²) in [6, 6.07) is 21.6. The molecule has 8 nitrogen and oxygen atoms in total. The van der Waals surface area contributed by atoms with Crippen LogP contribution in [-0.2, 0) is 11.3 Å². The van der Waals surface area contributed by atoms with Gasteiger partial charge < -0.3 is 15.2 Å². The Hall–Kier alpha value is -4.51. The Labute approximate surface area is 191 Å². The van der Waals surface area contributed by atoms with E-state index >= 15 is 0 Å². The summed E-state index contributed by atoms with van der Waals surface area (Å²) in [6.45, 7) is 2.32. The summed E-state index contributed by atoms with van der Waals surface area (Å²) in [6.07, 6.45) is 1.99. The summed E-state index contributed by atoms with van der Waals surface area (Å²) in [5, 5.41) is 18.6. The lowest BCUT2D eigenvalue weighted by Crippen LogP contribution is -2.13. The van der Waals surface area contributed by atoms with E-state index < -0.39 is 0 Å². The van der Waals surface area contributed by atoms with Gasteiger partial charge >= 0.3 is 0 Å². The zero-order valence-corrected chi connectivity index (χ0v) is 18.1. The summed E-state index contributed by atoms with van der Waals surface area (Å²) in [5.41, 5.74) is 4.56. The molecular formula is C25H22N6O2. The minimum absolute atomic E-state index is 0.150. The van der Waals surface area contributed by atoms with Crippen molar-refractivity contribution in [3.05, 3.63) is 78.2 Å². The molecule has 0 aliphatic rings. The quantitative estimate of drug-likeness (QED) is 0.399. The normalized spacial score (nSPS) is 10.4. The summed E-state index contributed by atoms with van der Waals surface area (Å²) in [5.74, 6) is 1.45. The first-order chi connectivity index (χ1) is 16.1. The van der Waals surface area contributed by atoms with Crippen molar-refractivity contribution in [1.29, 1.82) is 5.26 Å². The highest BCUT2D eigenvalue weighted by molar-refractivity contribution is 5.93. The fourth-order valence-electron chi connectivity index (χ4n) is 3.34. The van der Waals surface area contributed by atoms with Crippen molar-refractivity contribution < 1.29 is 9.32 Å². The van der Waals surface area contributed by atoms with Crippen LogP contribution >= 0.6 is 0 Å². The molecule has 2 aromatic heterocycles. The van der Waals surface area contributed by atoms with Crippen molar-refractivity contribution in [2.24, 2.45) is 0 Å². The molecule has 4 aromatic rings. The van der Waals surface area contributed by atoms with Crippen LogP contribution in [0, 0.1) is 18.3 Å². The van der Waals surface area contributed by atoms with E-state index in [2.05, 4.69) is 25.8 Å². The third-order valence-corrected chi connectivity index (χ3v) is 4.96. The smallest absolute Gasteiger partial charge is 0.258 e. The van der Waals surface area contributed by atoms with Crippen molar-refractivity contribution >= 4 is 17.4 Å². The molecule has 0 aliphatic heterocycles. The Balaban J connectivity index is 1.46. The maximum atomic E-state index is 12.0. The van der Waals surface area contributed by atoms with Crippen LogP contribution in [0.15, 0.2) is 71.4 Å². The molecule has 0 saturated carbocycles. The number of carbonyl (C=O) groups is 1. The predicted molar refractivity (Wildman–Crippen MR) is 125 cm³/mol. The van der Waals surface area contributed by atoms with Gasteiger partial charge in [0.2, 0.25) is 5.91 Å². The average molecular weight is 438 g/mol. The molecular weight excluding hydrogens is 416 g/mol. The van der Waals surface area contributed by atoms with Crippen LogP contribution in [0.2, 0.25) is 0 Å². The number of hydrogen-bond donors (Lipinski definition) is 2. The van der Waals surface area contributed by atoms with Crippen LogP contribution in [0.1, 0.15) is 24.2 Å². The average Bonchev–Trinajstić information content (AvgIpc) is 3.28. The maximum absolute atomic E-state index is 12.0. The number of aromatic nitrogens is 3. The summed E-state index contributed by atoms with van der Waals surface area (Å²) < 4.78 is 5.36. The highest BCUT2D eigenvalue weighted by Gasteiger charge is 2.13. The number of pyridine rings is 1. The molecule has 2 aromatic carbocycles. The van der Waals surface area contributed by atoms with E-state index in [-0.39, 0.29) is 18.7 Å². The van der Waals surface area contributed by atoms with E-state index in [4.69, 9.17) is 9.78 Å². The number of hydrogen-bond acceptors (Lipinski definition) is 7. The Morgan fingerprint density at radius 3 is 2.58 bits per heavy atom. The van der Waals surface area contributed by atoms with Gasteiger partial charge in [0.05, 0.1) is 11.8 Å². The van der Waals surface area contributed by atoms with Crippen LogP contribution in [-0.4, -0.2) is 21.0 Å². The lowest BCUT2D eigenvalue weighted by molar-refractivity contribution is -0.116. The number of carbonyl (C=O) groups excluding carboxylic acids is 1. The Kier molecular flexibility index (Phi) is 6.71. The zero-order chi connectivity index (χ0) is 23.0. The highest BCUT2D eigenvalue weighted by atomic mass is 16.5. The standard InChI is InChI=1S/C25H22N6O2/c1-17-29-25(33-31-17)21-7-3-2-6-20(21)19-12-10-18(11-13-19)16-28-24-22(8-5-15-27-24)30-23(32)9-4-14-26/h2-3,5-8,10-13,15H,4,9,16H2,1H3,(H,27,28)(H,30,32). The molecule has 33 heavy (non-hydrogen) atoms. The van der Waals surface area contributed by atoms with Gasteiger partial charge in [0.25, 0.3) is 5.89 Å². The van der Waals surface area contributed by atoms with Gasteiger partial charge in [0.15, 0.2) is 5.82 Å². The fourth-order valence-corrected chi connectivity index (χ4v) is 3.34. The van der Waals surface area contributed by atoms with Gasteiger partial charge in [-0.05, 0) is 41.8 Å². The predicted octanol–water partition coefficient (Wildman–Crippen LogP) is 4.96. The van der Waals surface area contributed by atoms with Crippen molar-refractivity contribution in [3.63, 3.8) is 0 Å². The number of nitrogens with one attached hydrogen (secondary N) is 2. The summed E-state index contributed by atoms with van der Waals surface area (Å²) in [4.78, 5) is 20.6. The largest absolute Gasteiger partial charge is 0.364 e. The molecule has 8 heteroatoms. The Bertz CT molecular complexity index is 1290. The second-order valence-electron chi connectivity index (χ2n) is 7.35. The van der Waals surface area contributed by atoms with Crippen LogP contribution < -0.4 is 10.6 Å². The minimum atomic E-state index is -0.216. The fraction of sp³-hybridized carbons (Fsp3) is 0.160. The molecule has 2 N–H and O–H groups in total. The third-order valence-electron chi connectivity index (χ3n) is 4.96. The van der Waals surface area contributed by atoms with Gasteiger partial charge in [-0.15, -0.1) is 0 Å². The lowest BCUT2D eigenvalue weighted by Gasteiger charge is -2.12. The highest BCUT2D eigenvalue weighted by Crippen LogP contribution is 2.31. The second kappa shape index (κ2) is 10.2. The van der Waals surface area contributed by atoms with Gasteiger partial charge in [-0.2, -0.15) is 10.2 Å². The topological polar surface area (TPSA) is 117 Å². The van der Waals surface area contributed by atoms with Crippen molar-refractivity contribution in [2.45, 2.75) is 26.3 Å². The number of rotatable bonds is 8. The molecule has 164 valence electrons. The lowest BCUT2D eigenvalue weighted by atomic mass is 9.98. The first kappa shape index (κ1) is 21.7. The van der Waals surface area contributed by atoms with E-state index in [1.165, 1.54) is 0 Å².